The molecule has 0 spiro atoms. The molecule has 1 aliphatic rings. The minimum absolute atomic E-state index is 0.146. The molecule has 0 radical (unpaired) electrons. The van der Waals surface area contributed by atoms with Crippen LogP contribution in [0.3, 0.4) is 0 Å². The van der Waals surface area contributed by atoms with Gasteiger partial charge in [0.25, 0.3) is 11.8 Å². The van der Waals surface area contributed by atoms with Gasteiger partial charge in [-0.05, 0) is 66.6 Å². The highest BCUT2D eigenvalue weighted by Gasteiger charge is 2.43. The number of rotatable bonds is 8. The fourth-order valence-electron chi connectivity index (χ4n) is 3.79. The Hall–Kier alpha value is -4.26. The second-order valence-electron chi connectivity index (χ2n) is 7.70. The van der Waals surface area contributed by atoms with Crippen molar-refractivity contribution in [2.45, 2.75) is 19.4 Å². The zero-order valence-corrected chi connectivity index (χ0v) is 18.9. The smallest absolute Gasteiger partial charge is 0.329 e. The molecular formula is C27H24N2O5. The van der Waals surface area contributed by atoms with Gasteiger partial charge in [-0.25, -0.2) is 4.79 Å². The van der Waals surface area contributed by atoms with E-state index >= 15 is 0 Å². The van der Waals surface area contributed by atoms with Crippen LogP contribution in [0.5, 0.6) is 5.75 Å². The van der Waals surface area contributed by atoms with Gasteiger partial charge in [0.1, 0.15) is 11.8 Å². The Bertz CT molecular complexity index is 1200. The fraction of sp³-hybridized carbons (Fsp3) is 0.185. The Labute approximate surface area is 197 Å². The Morgan fingerprint density at radius 1 is 0.941 bits per heavy atom. The quantitative estimate of drug-likeness (QED) is 0.288. The lowest BCUT2D eigenvalue weighted by molar-refractivity contribution is -0.147. The molecule has 1 atom stereocenters. The van der Waals surface area contributed by atoms with E-state index in [0.717, 1.165) is 27.5 Å². The number of carbonyl (C=O) groups is 3. The third-order valence-electron chi connectivity index (χ3n) is 5.54. The first-order valence-electron chi connectivity index (χ1n) is 10.9. The van der Waals surface area contributed by atoms with Crippen LogP contribution in [-0.4, -0.2) is 48.7 Å². The molecule has 0 bridgehead atoms. The number of fused-ring (bicyclic) bond motifs is 1. The van der Waals surface area contributed by atoms with Gasteiger partial charge in [-0.1, -0.05) is 24.3 Å². The van der Waals surface area contributed by atoms with Crippen molar-refractivity contribution in [1.29, 1.82) is 0 Å². The number of aliphatic imine (C=N–C) groups is 1. The summed E-state index contributed by atoms with van der Waals surface area (Å²) in [5.41, 5.74) is 3.03. The number of esters is 1. The number of nitrogens with zero attached hydrogens (tertiary/aromatic N) is 2. The second-order valence-corrected chi connectivity index (χ2v) is 7.70. The van der Waals surface area contributed by atoms with Crippen LogP contribution in [-0.2, 0) is 16.0 Å². The first-order chi connectivity index (χ1) is 16.5. The van der Waals surface area contributed by atoms with Crippen molar-refractivity contribution in [3.8, 4) is 5.75 Å². The predicted octanol–water partition coefficient (Wildman–Crippen LogP) is 4.22. The normalized spacial score (nSPS) is 13.8. The maximum Gasteiger partial charge on any atom is 0.329 e. The zero-order valence-electron chi connectivity index (χ0n) is 18.9. The molecule has 3 aromatic carbocycles. The summed E-state index contributed by atoms with van der Waals surface area (Å²) in [4.78, 5) is 44.1. The van der Waals surface area contributed by atoms with Crippen LogP contribution in [0.2, 0.25) is 0 Å². The standard InChI is InChI=1S/C27H24N2O5/c1-3-34-27(32)24(29-25(30)22-6-4-5-7-23(22)26(29)31)16-18-8-12-20(13-9-18)28-17-19-10-14-21(33-2)15-11-19/h4-15,17,24H,3,16H2,1-2H3/t24-/m1/s1. The number of benzene rings is 3. The molecule has 0 aliphatic carbocycles. The van der Waals surface area contributed by atoms with E-state index in [2.05, 4.69) is 4.99 Å². The van der Waals surface area contributed by atoms with Gasteiger partial charge >= 0.3 is 5.97 Å². The van der Waals surface area contributed by atoms with Crippen molar-refractivity contribution in [2.75, 3.05) is 13.7 Å². The maximum absolute atomic E-state index is 12.9. The molecule has 172 valence electrons. The van der Waals surface area contributed by atoms with E-state index in [9.17, 15) is 14.4 Å². The summed E-state index contributed by atoms with van der Waals surface area (Å²) in [5, 5.41) is 0. The molecule has 3 aromatic rings. The van der Waals surface area contributed by atoms with E-state index in [1.165, 1.54) is 0 Å². The molecule has 0 saturated heterocycles. The van der Waals surface area contributed by atoms with E-state index < -0.39 is 23.8 Å². The minimum Gasteiger partial charge on any atom is -0.497 e. The highest BCUT2D eigenvalue weighted by atomic mass is 16.5. The Kier molecular flexibility index (Phi) is 6.82. The molecule has 0 N–H and O–H groups in total. The van der Waals surface area contributed by atoms with E-state index in [1.54, 1.807) is 44.5 Å². The Balaban J connectivity index is 1.52. The topological polar surface area (TPSA) is 85.3 Å². The molecule has 0 unspecified atom stereocenters. The minimum atomic E-state index is -1.05. The summed E-state index contributed by atoms with van der Waals surface area (Å²) >= 11 is 0. The fourth-order valence-corrected chi connectivity index (χ4v) is 3.79. The van der Waals surface area contributed by atoms with Crippen LogP contribution >= 0.6 is 0 Å². The highest BCUT2D eigenvalue weighted by molar-refractivity contribution is 6.22. The molecule has 7 nitrogen and oxygen atoms in total. The molecule has 1 aliphatic heterocycles. The van der Waals surface area contributed by atoms with Crippen LogP contribution in [0.15, 0.2) is 77.8 Å². The van der Waals surface area contributed by atoms with Crippen molar-refractivity contribution in [1.82, 2.24) is 4.90 Å². The van der Waals surface area contributed by atoms with Gasteiger partial charge in [0.05, 0.1) is 30.5 Å². The lowest BCUT2D eigenvalue weighted by Crippen LogP contribution is -2.47. The molecule has 7 heteroatoms. The lowest BCUT2D eigenvalue weighted by atomic mass is 10.0. The van der Waals surface area contributed by atoms with Crippen LogP contribution in [0, 0.1) is 0 Å². The molecule has 0 aromatic heterocycles. The molecule has 34 heavy (non-hydrogen) atoms. The number of hydrogen-bond donors (Lipinski definition) is 0. The molecule has 0 fully saturated rings. The van der Waals surface area contributed by atoms with Crippen molar-refractivity contribution >= 4 is 29.7 Å². The number of methoxy groups -OCH3 is 1. The van der Waals surface area contributed by atoms with Gasteiger partial charge < -0.3 is 9.47 Å². The Morgan fingerprint density at radius 3 is 2.12 bits per heavy atom. The number of imide groups is 1. The molecular weight excluding hydrogens is 432 g/mol. The maximum atomic E-state index is 12.9. The summed E-state index contributed by atoms with van der Waals surface area (Å²) in [6, 6.07) is 20.3. The summed E-state index contributed by atoms with van der Waals surface area (Å²) in [6.07, 6.45) is 1.89. The first-order valence-corrected chi connectivity index (χ1v) is 10.9. The molecule has 0 saturated carbocycles. The highest BCUT2D eigenvalue weighted by Crippen LogP contribution is 2.27. The van der Waals surface area contributed by atoms with Crippen LogP contribution in [0.4, 0.5) is 5.69 Å². The van der Waals surface area contributed by atoms with Gasteiger partial charge in [0.15, 0.2) is 0 Å². The van der Waals surface area contributed by atoms with Gasteiger partial charge in [-0.15, -0.1) is 0 Å². The molecule has 4 rings (SSSR count). The molecule has 2 amide bonds. The second kappa shape index (κ2) is 10.1. The van der Waals surface area contributed by atoms with E-state index in [0.29, 0.717) is 11.1 Å². The number of hydrogen-bond acceptors (Lipinski definition) is 6. The third kappa shape index (κ3) is 4.73. The first kappa shape index (κ1) is 22.9. The van der Waals surface area contributed by atoms with Crippen molar-refractivity contribution in [2.24, 2.45) is 4.99 Å². The van der Waals surface area contributed by atoms with E-state index in [1.807, 2.05) is 48.5 Å². The van der Waals surface area contributed by atoms with Crippen LogP contribution in [0.1, 0.15) is 38.8 Å². The van der Waals surface area contributed by atoms with E-state index in [4.69, 9.17) is 9.47 Å². The largest absolute Gasteiger partial charge is 0.497 e. The lowest BCUT2D eigenvalue weighted by Gasteiger charge is -2.24. The summed E-state index contributed by atoms with van der Waals surface area (Å²) < 4.78 is 10.3. The van der Waals surface area contributed by atoms with Crippen molar-refractivity contribution in [3.63, 3.8) is 0 Å². The van der Waals surface area contributed by atoms with Crippen LogP contribution in [0.25, 0.3) is 0 Å². The van der Waals surface area contributed by atoms with Gasteiger partial charge in [0.2, 0.25) is 0 Å². The zero-order chi connectivity index (χ0) is 24.1. The van der Waals surface area contributed by atoms with Crippen molar-refractivity contribution in [3.05, 3.63) is 95.1 Å². The van der Waals surface area contributed by atoms with Gasteiger partial charge in [-0.3, -0.25) is 19.5 Å². The van der Waals surface area contributed by atoms with Gasteiger partial charge in [0, 0.05) is 12.6 Å². The number of amides is 2. The third-order valence-corrected chi connectivity index (χ3v) is 5.54. The Morgan fingerprint density at radius 2 is 1.56 bits per heavy atom. The van der Waals surface area contributed by atoms with Crippen LogP contribution < -0.4 is 4.74 Å². The summed E-state index contributed by atoms with van der Waals surface area (Å²) in [7, 11) is 1.62. The van der Waals surface area contributed by atoms with E-state index in [-0.39, 0.29) is 13.0 Å². The molecule has 1 heterocycles. The van der Waals surface area contributed by atoms with Crippen molar-refractivity contribution < 1.29 is 23.9 Å². The average Bonchev–Trinajstić information content (AvgIpc) is 3.12. The van der Waals surface area contributed by atoms with Gasteiger partial charge in [-0.2, -0.15) is 0 Å². The number of ether oxygens (including phenoxy) is 2. The summed E-state index contributed by atoms with van der Waals surface area (Å²) in [6.45, 7) is 1.84. The number of carbonyl (C=O) groups excluding carboxylic acids is 3. The SMILES string of the molecule is CCOC(=O)[C@@H](Cc1ccc(N=Cc2ccc(OC)cc2)cc1)N1C(=O)c2ccccc2C1=O. The predicted molar refractivity (Wildman–Crippen MR) is 128 cm³/mol. The summed E-state index contributed by atoms with van der Waals surface area (Å²) in [5.74, 6) is -0.812. The average molecular weight is 456 g/mol. The monoisotopic (exact) mass is 456 g/mol.